The van der Waals surface area contributed by atoms with Gasteiger partial charge in [0.25, 0.3) is 5.91 Å². The van der Waals surface area contributed by atoms with Gasteiger partial charge in [-0.25, -0.2) is 8.42 Å². The van der Waals surface area contributed by atoms with Gasteiger partial charge in [-0.3, -0.25) is 9.59 Å². The van der Waals surface area contributed by atoms with E-state index in [1.807, 2.05) is 0 Å². The molecule has 2 N–H and O–H groups in total. The summed E-state index contributed by atoms with van der Waals surface area (Å²) in [6.45, 7) is 0.918. The van der Waals surface area contributed by atoms with Gasteiger partial charge in [-0.05, 0) is 50.3 Å². The van der Waals surface area contributed by atoms with Crippen LogP contribution in [0.1, 0.15) is 42.5 Å². The Morgan fingerprint density at radius 2 is 1.93 bits per heavy atom. The minimum absolute atomic E-state index is 0.0191. The lowest BCUT2D eigenvalue weighted by molar-refractivity contribution is -0.141. The lowest BCUT2D eigenvalue weighted by Crippen LogP contribution is -2.33. The Morgan fingerprint density at radius 1 is 1.22 bits per heavy atom. The Hall–Kier alpha value is -2.13. The van der Waals surface area contributed by atoms with E-state index in [2.05, 4.69) is 5.32 Å². The van der Waals surface area contributed by atoms with Crippen molar-refractivity contribution in [3.8, 4) is 5.75 Å². The number of nitrogens with zero attached hydrogens (tertiary/aromatic N) is 1. The molecule has 1 aromatic rings. The maximum Gasteiger partial charge on any atom is 0.306 e. The van der Waals surface area contributed by atoms with Crippen molar-refractivity contribution in [1.29, 1.82) is 0 Å². The number of hydrogen-bond acceptors (Lipinski definition) is 5. The third-order valence-electron chi connectivity index (χ3n) is 5.23. The van der Waals surface area contributed by atoms with E-state index in [-0.39, 0.29) is 22.3 Å². The van der Waals surface area contributed by atoms with Gasteiger partial charge in [0.15, 0.2) is 0 Å². The number of carbonyl (C=O) groups is 2. The van der Waals surface area contributed by atoms with E-state index in [0.29, 0.717) is 32.4 Å². The number of rotatable bonds is 6. The maximum atomic E-state index is 12.9. The molecule has 1 saturated heterocycles. The highest BCUT2D eigenvalue weighted by Crippen LogP contribution is 2.30. The number of sulfonamides is 1. The molecule has 1 aliphatic carbocycles. The van der Waals surface area contributed by atoms with E-state index in [0.717, 1.165) is 12.8 Å². The van der Waals surface area contributed by atoms with Gasteiger partial charge in [0.05, 0.1) is 13.0 Å². The number of amides is 1. The van der Waals surface area contributed by atoms with E-state index in [9.17, 15) is 18.0 Å². The van der Waals surface area contributed by atoms with Gasteiger partial charge in [0.2, 0.25) is 10.0 Å². The molecule has 3 rings (SSSR count). The molecule has 8 nitrogen and oxygen atoms in total. The van der Waals surface area contributed by atoms with E-state index < -0.39 is 27.8 Å². The molecular formula is C18H24N2O6S. The van der Waals surface area contributed by atoms with E-state index in [4.69, 9.17) is 9.84 Å². The Morgan fingerprint density at radius 3 is 2.52 bits per heavy atom. The fourth-order valence-electron chi connectivity index (χ4n) is 3.69. The predicted molar refractivity (Wildman–Crippen MR) is 97.2 cm³/mol. The number of ether oxygens (including phenoxy) is 1. The predicted octanol–water partition coefficient (Wildman–Crippen LogP) is 1.46. The van der Waals surface area contributed by atoms with Crippen molar-refractivity contribution in [3.05, 3.63) is 23.8 Å². The van der Waals surface area contributed by atoms with Crippen LogP contribution < -0.4 is 10.1 Å². The second-order valence-electron chi connectivity index (χ2n) is 7.00. The van der Waals surface area contributed by atoms with Gasteiger partial charge in [0, 0.05) is 24.7 Å². The zero-order valence-electron chi connectivity index (χ0n) is 15.2. The normalized spacial score (nSPS) is 23.3. The maximum absolute atomic E-state index is 12.9. The molecule has 2 fully saturated rings. The molecule has 0 unspecified atom stereocenters. The first-order valence-electron chi connectivity index (χ1n) is 9.05. The first-order valence-corrected chi connectivity index (χ1v) is 10.5. The van der Waals surface area contributed by atoms with Gasteiger partial charge < -0.3 is 15.2 Å². The first kappa shape index (κ1) is 19.6. The molecule has 1 saturated carbocycles. The smallest absolute Gasteiger partial charge is 0.306 e. The minimum atomic E-state index is -3.73. The molecule has 27 heavy (non-hydrogen) atoms. The van der Waals surface area contributed by atoms with Crippen molar-refractivity contribution >= 4 is 21.9 Å². The number of carboxylic acid groups (broad SMARTS) is 1. The summed E-state index contributed by atoms with van der Waals surface area (Å²) < 4.78 is 32.4. The molecule has 1 heterocycles. The third kappa shape index (κ3) is 4.08. The molecular weight excluding hydrogens is 372 g/mol. The van der Waals surface area contributed by atoms with Crippen LogP contribution in [-0.4, -0.2) is 55.9 Å². The second kappa shape index (κ2) is 7.85. The molecule has 1 aliphatic heterocycles. The van der Waals surface area contributed by atoms with Crippen LogP contribution in [0.4, 0.5) is 0 Å². The van der Waals surface area contributed by atoms with Crippen LogP contribution in [0.5, 0.6) is 5.75 Å². The summed E-state index contributed by atoms with van der Waals surface area (Å²) in [5, 5.41) is 11.9. The quantitative estimate of drug-likeness (QED) is 0.753. The van der Waals surface area contributed by atoms with Crippen LogP contribution in [0.2, 0.25) is 0 Å². The van der Waals surface area contributed by atoms with Crippen LogP contribution >= 0.6 is 0 Å². The zero-order chi connectivity index (χ0) is 19.6. The van der Waals surface area contributed by atoms with E-state index in [1.165, 1.54) is 29.6 Å². The Kier molecular flexibility index (Phi) is 5.71. The standard InChI is InChI=1S/C18H24N2O6S/c1-26-15-7-5-12(11-16(15)27(24,25)20-8-2-3-9-20)17(21)19-14-6-4-13(10-14)18(22)23/h5,7,11,13-14H,2-4,6,8-10H2,1H3,(H,19,21)(H,22,23)/t13-,14+/m1/s1. The fourth-order valence-corrected chi connectivity index (χ4v) is 5.39. The van der Waals surface area contributed by atoms with Crippen molar-refractivity contribution in [1.82, 2.24) is 9.62 Å². The van der Waals surface area contributed by atoms with E-state index in [1.54, 1.807) is 0 Å². The highest BCUT2D eigenvalue weighted by atomic mass is 32.2. The van der Waals surface area contributed by atoms with Gasteiger partial charge in [-0.2, -0.15) is 4.31 Å². The monoisotopic (exact) mass is 396 g/mol. The summed E-state index contributed by atoms with van der Waals surface area (Å²) >= 11 is 0. The van der Waals surface area contributed by atoms with Crippen LogP contribution in [0.15, 0.2) is 23.1 Å². The van der Waals surface area contributed by atoms with Crippen molar-refractivity contribution in [2.24, 2.45) is 5.92 Å². The van der Waals surface area contributed by atoms with Crippen molar-refractivity contribution < 1.29 is 27.9 Å². The van der Waals surface area contributed by atoms with Crippen LogP contribution in [0, 0.1) is 5.92 Å². The Balaban J connectivity index is 1.80. The number of methoxy groups -OCH3 is 1. The number of carboxylic acids is 1. The topological polar surface area (TPSA) is 113 Å². The van der Waals surface area contributed by atoms with Gasteiger partial charge in [-0.1, -0.05) is 0 Å². The summed E-state index contributed by atoms with van der Waals surface area (Å²) in [6.07, 6.45) is 3.13. The summed E-state index contributed by atoms with van der Waals surface area (Å²) in [5.41, 5.74) is 0.215. The molecule has 2 atom stereocenters. The average Bonchev–Trinajstić information content (AvgIpc) is 3.33. The van der Waals surface area contributed by atoms with Crippen LogP contribution in [-0.2, 0) is 14.8 Å². The molecule has 0 bridgehead atoms. The highest BCUT2D eigenvalue weighted by Gasteiger charge is 2.32. The lowest BCUT2D eigenvalue weighted by Gasteiger charge is -2.19. The third-order valence-corrected chi connectivity index (χ3v) is 7.15. The minimum Gasteiger partial charge on any atom is -0.495 e. The summed E-state index contributed by atoms with van der Waals surface area (Å²) in [5.74, 6) is -1.51. The van der Waals surface area contributed by atoms with Gasteiger partial charge in [0.1, 0.15) is 10.6 Å². The number of aliphatic carboxylic acids is 1. The van der Waals surface area contributed by atoms with E-state index >= 15 is 0 Å². The largest absolute Gasteiger partial charge is 0.495 e. The molecule has 9 heteroatoms. The zero-order valence-corrected chi connectivity index (χ0v) is 16.0. The molecule has 2 aliphatic rings. The van der Waals surface area contributed by atoms with Crippen molar-refractivity contribution in [2.75, 3.05) is 20.2 Å². The van der Waals surface area contributed by atoms with Crippen molar-refractivity contribution in [2.45, 2.75) is 43.0 Å². The Bertz CT molecular complexity index is 832. The Labute approximate surface area is 158 Å². The highest BCUT2D eigenvalue weighted by molar-refractivity contribution is 7.89. The average molecular weight is 396 g/mol. The van der Waals surface area contributed by atoms with Gasteiger partial charge in [-0.15, -0.1) is 0 Å². The lowest BCUT2D eigenvalue weighted by atomic mass is 10.1. The van der Waals surface area contributed by atoms with Gasteiger partial charge >= 0.3 is 5.97 Å². The second-order valence-corrected chi connectivity index (χ2v) is 8.90. The fraction of sp³-hybridized carbons (Fsp3) is 0.556. The number of benzene rings is 1. The number of carbonyl (C=O) groups excluding carboxylic acids is 1. The number of hydrogen-bond donors (Lipinski definition) is 2. The van der Waals surface area contributed by atoms with Crippen molar-refractivity contribution in [3.63, 3.8) is 0 Å². The molecule has 0 radical (unpaired) electrons. The molecule has 0 aromatic heterocycles. The summed E-state index contributed by atoms with van der Waals surface area (Å²) in [7, 11) is -2.34. The van der Waals surface area contributed by atoms with Crippen LogP contribution in [0.25, 0.3) is 0 Å². The number of nitrogens with one attached hydrogen (secondary N) is 1. The SMILES string of the molecule is COc1ccc(C(=O)N[C@H]2CC[C@@H](C(=O)O)C2)cc1S(=O)(=O)N1CCCC1. The summed E-state index contributed by atoms with van der Waals surface area (Å²) in [4.78, 5) is 23.6. The molecule has 148 valence electrons. The molecule has 1 aromatic carbocycles. The van der Waals surface area contributed by atoms with Crippen LogP contribution in [0.3, 0.4) is 0 Å². The molecule has 0 spiro atoms. The first-order chi connectivity index (χ1) is 12.8. The summed E-state index contributed by atoms with van der Waals surface area (Å²) in [6, 6.07) is 4.11. The molecule has 1 amide bonds.